The molecule has 0 aliphatic heterocycles. The monoisotopic (exact) mass is 328 g/mol. The third-order valence-corrected chi connectivity index (χ3v) is 3.69. The van der Waals surface area contributed by atoms with Gasteiger partial charge in [0.2, 0.25) is 0 Å². The molecule has 0 spiro atoms. The quantitative estimate of drug-likeness (QED) is 0.312. The van der Waals surface area contributed by atoms with Crippen molar-refractivity contribution in [2.24, 2.45) is 0 Å². The zero-order valence-electron chi connectivity index (χ0n) is 13.6. The summed E-state index contributed by atoms with van der Waals surface area (Å²) in [6.45, 7) is 2.20. The van der Waals surface area contributed by atoms with Crippen LogP contribution in [0.5, 0.6) is 5.75 Å². The van der Waals surface area contributed by atoms with Gasteiger partial charge in [0.05, 0.1) is 0 Å². The van der Waals surface area contributed by atoms with Gasteiger partial charge in [-0.1, -0.05) is 57.6 Å². The van der Waals surface area contributed by atoms with E-state index in [0.717, 1.165) is 18.4 Å². The van der Waals surface area contributed by atoms with Crippen LogP contribution in [0.4, 0.5) is 0 Å². The molecule has 0 aromatic heterocycles. The van der Waals surface area contributed by atoms with Gasteiger partial charge in [-0.3, -0.25) is 0 Å². The molecule has 0 saturated carbocycles. The number of rotatable bonds is 11. The van der Waals surface area contributed by atoms with Crippen molar-refractivity contribution in [3.8, 4) is 5.75 Å². The first kappa shape index (κ1) is 19.9. The van der Waals surface area contributed by atoms with Crippen molar-refractivity contribution in [2.45, 2.75) is 70.2 Å². The Hall–Kier alpha value is -1.18. The van der Waals surface area contributed by atoms with Gasteiger partial charge in [0.15, 0.2) is 0 Å². The second-order valence-corrected chi connectivity index (χ2v) is 5.86. The first-order valence-corrected chi connectivity index (χ1v) is 8.16. The van der Waals surface area contributed by atoms with Crippen LogP contribution in [0.1, 0.15) is 57.4 Å². The molecule has 0 radical (unpaired) electrons. The van der Waals surface area contributed by atoms with E-state index < -0.39 is 11.9 Å². The number of hydrogen-bond acceptors (Lipinski definition) is 6. The lowest BCUT2D eigenvalue weighted by molar-refractivity contribution is -0.502. The van der Waals surface area contributed by atoms with E-state index in [0.29, 0.717) is 0 Å². The fourth-order valence-corrected chi connectivity index (χ4v) is 2.24. The molecule has 0 unspecified atom stereocenters. The molecular weight excluding hydrogens is 300 g/mol. The Morgan fingerprint density at radius 3 is 1.83 bits per heavy atom. The van der Waals surface area contributed by atoms with Crippen molar-refractivity contribution >= 4 is 0 Å². The highest BCUT2D eigenvalue weighted by Crippen LogP contribution is 2.22. The van der Waals surface area contributed by atoms with Gasteiger partial charge in [-0.25, -0.2) is 0 Å². The Kier molecular flexibility index (Phi) is 7.94. The minimum atomic E-state index is -3.77. The van der Waals surface area contributed by atoms with Crippen molar-refractivity contribution in [3.05, 3.63) is 29.8 Å². The van der Waals surface area contributed by atoms with E-state index in [1.807, 2.05) is 0 Å². The second kappa shape index (κ2) is 9.20. The van der Waals surface area contributed by atoms with Gasteiger partial charge < -0.3 is 30.3 Å². The normalized spacial score (nSPS) is 12.4. The zero-order chi connectivity index (χ0) is 17.3. The van der Waals surface area contributed by atoms with E-state index in [4.69, 9.17) is 15.3 Å². The molecular formula is C17H28O6. The predicted octanol–water partition coefficient (Wildman–Crippen LogP) is 1.63. The molecule has 0 saturated heterocycles. The molecule has 0 heterocycles. The number of aliphatic hydroxyl groups is 5. The highest BCUT2D eigenvalue weighted by molar-refractivity contribution is 5.27. The molecule has 0 aliphatic carbocycles. The highest BCUT2D eigenvalue weighted by Gasteiger charge is 2.50. The van der Waals surface area contributed by atoms with Gasteiger partial charge in [-0.15, -0.1) is 0 Å². The van der Waals surface area contributed by atoms with Gasteiger partial charge in [0, 0.05) is 0 Å². The van der Waals surface area contributed by atoms with Crippen molar-refractivity contribution in [3.63, 3.8) is 0 Å². The maximum atomic E-state index is 9.22. The second-order valence-electron chi connectivity index (χ2n) is 5.86. The molecule has 1 rings (SSSR count). The number of benzene rings is 1. The standard InChI is InChI=1S/C17H28O6/c1-2-3-4-5-6-7-8-9-14-10-12-15(13-11-14)23-17(21,22)16(18,19)20/h10-13,18-22H,2-9H2,1H3. The van der Waals surface area contributed by atoms with Crippen molar-refractivity contribution < 1.29 is 30.3 Å². The van der Waals surface area contributed by atoms with E-state index >= 15 is 0 Å². The Morgan fingerprint density at radius 1 is 0.783 bits per heavy atom. The van der Waals surface area contributed by atoms with E-state index in [2.05, 4.69) is 11.7 Å². The molecule has 6 heteroatoms. The highest BCUT2D eigenvalue weighted by atomic mass is 16.8. The van der Waals surface area contributed by atoms with Crippen LogP contribution in [0.15, 0.2) is 24.3 Å². The third kappa shape index (κ3) is 7.28. The van der Waals surface area contributed by atoms with Crippen LogP contribution in [0.25, 0.3) is 0 Å². The van der Waals surface area contributed by atoms with E-state index in [1.165, 1.54) is 50.7 Å². The lowest BCUT2D eigenvalue weighted by Crippen LogP contribution is -2.58. The summed E-state index contributed by atoms with van der Waals surface area (Å²) in [6, 6.07) is 6.47. The van der Waals surface area contributed by atoms with Gasteiger partial charge in [-0.05, 0) is 30.5 Å². The molecule has 0 aliphatic rings. The Bertz CT molecular complexity index is 435. The smallest absolute Gasteiger partial charge is 0.409 e. The average molecular weight is 328 g/mol. The lowest BCUT2D eigenvalue weighted by atomic mass is 10.0. The fraction of sp³-hybridized carbons (Fsp3) is 0.647. The topological polar surface area (TPSA) is 110 Å². The summed E-state index contributed by atoms with van der Waals surface area (Å²) in [5.74, 6) is -7.28. The lowest BCUT2D eigenvalue weighted by Gasteiger charge is -2.29. The summed E-state index contributed by atoms with van der Waals surface area (Å²) in [5, 5.41) is 44.7. The Morgan fingerprint density at radius 2 is 1.30 bits per heavy atom. The summed E-state index contributed by atoms with van der Waals surface area (Å²) >= 11 is 0. The van der Waals surface area contributed by atoms with Crippen LogP contribution in [-0.2, 0) is 6.42 Å². The largest absolute Gasteiger partial charge is 0.433 e. The number of hydrogen-bond donors (Lipinski definition) is 5. The molecule has 0 bridgehead atoms. The van der Waals surface area contributed by atoms with Crippen LogP contribution in [0.3, 0.4) is 0 Å². The van der Waals surface area contributed by atoms with Crippen LogP contribution in [-0.4, -0.2) is 37.5 Å². The van der Waals surface area contributed by atoms with Crippen LogP contribution in [0, 0.1) is 0 Å². The molecule has 132 valence electrons. The maximum absolute atomic E-state index is 9.22. The SMILES string of the molecule is CCCCCCCCCc1ccc(OC(O)(O)C(O)(O)O)cc1. The molecule has 0 atom stereocenters. The molecule has 1 aromatic rings. The van der Waals surface area contributed by atoms with Gasteiger partial charge >= 0.3 is 11.9 Å². The number of unbranched alkanes of at least 4 members (excludes halogenated alkanes) is 6. The summed E-state index contributed by atoms with van der Waals surface area (Å²) in [4.78, 5) is 0. The number of aryl methyl sites for hydroxylation is 1. The molecule has 23 heavy (non-hydrogen) atoms. The van der Waals surface area contributed by atoms with Gasteiger partial charge in [0.1, 0.15) is 5.75 Å². The first-order valence-electron chi connectivity index (χ1n) is 8.16. The predicted molar refractivity (Wildman–Crippen MR) is 85.3 cm³/mol. The van der Waals surface area contributed by atoms with Crippen LogP contribution < -0.4 is 4.74 Å². The number of ether oxygens (including phenoxy) is 1. The molecule has 6 nitrogen and oxygen atoms in total. The third-order valence-electron chi connectivity index (χ3n) is 3.69. The molecule has 0 amide bonds. The van der Waals surface area contributed by atoms with Gasteiger partial charge in [0.25, 0.3) is 0 Å². The van der Waals surface area contributed by atoms with Crippen molar-refractivity contribution in [1.82, 2.24) is 0 Å². The van der Waals surface area contributed by atoms with Crippen LogP contribution >= 0.6 is 0 Å². The van der Waals surface area contributed by atoms with Crippen molar-refractivity contribution in [2.75, 3.05) is 0 Å². The summed E-state index contributed by atoms with van der Waals surface area (Å²) in [7, 11) is 0. The summed E-state index contributed by atoms with van der Waals surface area (Å²) in [5.41, 5.74) is 1.08. The van der Waals surface area contributed by atoms with Crippen molar-refractivity contribution in [1.29, 1.82) is 0 Å². The van der Waals surface area contributed by atoms with Gasteiger partial charge in [-0.2, -0.15) is 0 Å². The summed E-state index contributed by atoms with van der Waals surface area (Å²) < 4.78 is 4.56. The molecule has 1 aromatic carbocycles. The van der Waals surface area contributed by atoms with E-state index in [1.54, 1.807) is 12.1 Å². The Labute approximate surface area is 137 Å². The first-order chi connectivity index (χ1) is 10.8. The summed E-state index contributed by atoms with van der Waals surface area (Å²) in [6.07, 6.45) is 9.56. The average Bonchev–Trinajstić information content (AvgIpc) is 2.46. The van der Waals surface area contributed by atoms with E-state index in [9.17, 15) is 10.2 Å². The maximum Gasteiger partial charge on any atom is 0.409 e. The van der Waals surface area contributed by atoms with Crippen LogP contribution in [0.2, 0.25) is 0 Å². The molecule has 0 fully saturated rings. The van der Waals surface area contributed by atoms with E-state index in [-0.39, 0.29) is 5.75 Å². The molecule has 5 N–H and O–H groups in total. The minimum Gasteiger partial charge on any atom is -0.433 e. The fourth-order valence-electron chi connectivity index (χ4n) is 2.24. The Balaban J connectivity index is 2.34. The zero-order valence-corrected chi connectivity index (χ0v) is 13.6. The minimum absolute atomic E-state index is 0.000148.